The third-order valence-corrected chi connectivity index (χ3v) is 4.10. The van der Waals surface area contributed by atoms with Gasteiger partial charge in [-0.05, 0) is 19.4 Å². The van der Waals surface area contributed by atoms with Crippen molar-refractivity contribution in [1.82, 2.24) is 14.5 Å². The molecule has 2 heterocycles. The first-order chi connectivity index (χ1) is 9.66. The zero-order chi connectivity index (χ0) is 14.1. The topological polar surface area (TPSA) is 38.1 Å². The fourth-order valence-electron chi connectivity index (χ4n) is 2.74. The van der Waals surface area contributed by atoms with E-state index >= 15 is 0 Å². The molecule has 104 valence electrons. The van der Waals surface area contributed by atoms with Crippen LogP contribution in [0, 0.1) is 6.92 Å². The molecule has 4 nitrogen and oxygen atoms in total. The van der Waals surface area contributed by atoms with E-state index < -0.39 is 0 Å². The highest BCUT2D eigenvalue weighted by atomic mass is 16.2. The van der Waals surface area contributed by atoms with Crippen molar-refractivity contribution in [2.45, 2.75) is 25.8 Å². The van der Waals surface area contributed by atoms with Crippen LogP contribution in [0.1, 0.15) is 30.3 Å². The molecular weight excluding hydrogens is 250 g/mol. The SMILES string of the molecule is Cc1nccn1C1CN(C(=O)C(C)c2ccccc2)C1. The summed E-state index contributed by atoms with van der Waals surface area (Å²) in [6, 6.07) is 10.3. The van der Waals surface area contributed by atoms with Crippen LogP contribution in [0.25, 0.3) is 0 Å². The fourth-order valence-corrected chi connectivity index (χ4v) is 2.74. The van der Waals surface area contributed by atoms with E-state index in [1.54, 1.807) is 0 Å². The van der Waals surface area contributed by atoms with Crippen LogP contribution in [-0.2, 0) is 4.79 Å². The van der Waals surface area contributed by atoms with Gasteiger partial charge in [0.15, 0.2) is 0 Å². The summed E-state index contributed by atoms with van der Waals surface area (Å²) in [5.74, 6) is 1.16. The van der Waals surface area contributed by atoms with Crippen LogP contribution in [0.4, 0.5) is 0 Å². The van der Waals surface area contributed by atoms with E-state index in [1.807, 2.05) is 61.5 Å². The van der Waals surface area contributed by atoms with Crippen LogP contribution >= 0.6 is 0 Å². The summed E-state index contributed by atoms with van der Waals surface area (Å²) in [5.41, 5.74) is 1.08. The number of aryl methyl sites for hydroxylation is 1. The average Bonchev–Trinajstić information content (AvgIpc) is 2.83. The standard InChI is InChI=1S/C16H19N3O/c1-12(14-6-4-3-5-7-14)16(20)18-10-15(11-18)19-9-8-17-13(19)2/h3-9,12,15H,10-11H2,1-2H3. The Morgan fingerprint density at radius 1 is 1.30 bits per heavy atom. The molecule has 2 aromatic rings. The van der Waals surface area contributed by atoms with Gasteiger partial charge in [-0.3, -0.25) is 4.79 Å². The molecule has 0 saturated carbocycles. The molecule has 0 bridgehead atoms. The van der Waals surface area contributed by atoms with Gasteiger partial charge in [0.05, 0.1) is 12.0 Å². The molecule has 1 fully saturated rings. The molecule has 1 aliphatic rings. The molecule has 1 atom stereocenters. The number of nitrogens with zero attached hydrogens (tertiary/aromatic N) is 3. The number of imidazole rings is 1. The van der Waals surface area contributed by atoms with Gasteiger partial charge in [-0.15, -0.1) is 0 Å². The number of aromatic nitrogens is 2. The maximum absolute atomic E-state index is 12.4. The smallest absolute Gasteiger partial charge is 0.229 e. The summed E-state index contributed by atoms with van der Waals surface area (Å²) in [6.45, 7) is 5.55. The predicted octanol–water partition coefficient (Wildman–Crippen LogP) is 2.38. The van der Waals surface area contributed by atoms with Crippen molar-refractivity contribution in [3.8, 4) is 0 Å². The first-order valence-electron chi connectivity index (χ1n) is 7.00. The van der Waals surface area contributed by atoms with Crippen LogP contribution in [0.2, 0.25) is 0 Å². The fraction of sp³-hybridized carbons (Fsp3) is 0.375. The van der Waals surface area contributed by atoms with Gasteiger partial charge in [-0.25, -0.2) is 4.98 Å². The zero-order valence-electron chi connectivity index (χ0n) is 11.9. The number of hydrogen-bond acceptors (Lipinski definition) is 2. The van der Waals surface area contributed by atoms with Gasteiger partial charge in [-0.2, -0.15) is 0 Å². The van der Waals surface area contributed by atoms with Crippen molar-refractivity contribution in [3.05, 3.63) is 54.1 Å². The summed E-state index contributed by atoms with van der Waals surface area (Å²) in [7, 11) is 0. The Labute approximate surface area is 119 Å². The number of rotatable bonds is 3. The third kappa shape index (κ3) is 2.22. The van der Waals surface area contributed by atoms with Gasteiger partial charge in [0.25, 0.3) is 0 Å². The summed E-state index contributed by atoms with van der Waals surface area (Å²) >= 11 is 0. The van der Waals surface area contributed by atoms with Crippen molar-refractivity contribution in [1.29, 1.82) is 0 Å². The van der Waals surface area contributed by atoms with Gasteiger partial charge in [-0.1, -0.05) is 30.3 Å². The highest BCUT2D eigenvalue weighted by molar-refractivity contribution is 5.84. The van der Waals surface area contributed by atoms with Crippen LogP contribution in [0.5, 0.6) is 0 Å². The quantitative estimate of drug-likeness (QED) is 0.858. The Bertz CT molecular complexity index is 599. The van der Waals surface area contributed by atoms with E-state index in [-0.39, 0.29) is 11.8 Å². The Morgan fingerprint density at radius 3 is 2.60 bits per heavy atom. The number of likely N-dealkylation sites (tertiary alicyclic amines) is 1. The molecule has 1 aromatic heterocycles. The van der Waals surface area contributed by atoms with Crippen molar-refractivity contribution in [2.24, 2.45) is 0 Å². The predicted molar refractivity (Wildman–Crippen MR) is 77.4 cm³/mol. The Hall–Kier alpha value is -2.10. The molecule has 4 heteroatoms. The second-order valence-corrected chi connectivity index (χ2v) is 5.41. The lowest BCUT2D eigenvalue weighted by Crippen LogP contribution is -2.52. The first kappa shape index (κ1) is 12.9. The molecule has 0 aliphatic carbocycles. The van der Waals surface area contributed by atoms with Crippen molar-refractivity contribution < 1.29 is 4.79 Å². The highest BCUT2D eigenvalue weighted by Gasteiger charge is 2.34. The Balaban J connectivity index is 1.63. The van der Waals surface area contributed by atoms with Crippen LogP contribution < -0.4 is 0 Å². The van der Waals surface area contributed by atoms with Gasteiger partial charge >= 0.3 is 0 Å². The second-order valence-electron chi connectivity index (χ2n) is 5.41. The van der Waals surface area contributed by atoms with E-state index in [0.717, 1.165) is 24.5 Å². The van der Waals surface area contributed by atoms with Crippen molar-refractivity contribution in [2.75, 3.05) is 13.1 Å². The number of benzene rings is 1. The first-order valence-corrected chi connectivity index (χ1v) is 7.00. The minimum atomic E-state index is -0.0685. The van der Waals surface area contributed by atoms with Gasteiger partial charge in [0.1, 0.15) is 5.82 Å². The average molecular weight is 269 g/mol. The molecular formula is C16H19N3O. The maximum Gasteiger partial charge on any atom is 0.229 e. The highest BCUT2D eigenvalue weighted by Crippen LogP contribution is 2.27. The van der Waals surface area contributed by atoms with Gasteiger partial charge in [0.2, 0.25) is 5.91 Å². The zero-order valence-corrected chi connectivity index (χ0v) is 11.9. The summed E-state index contributed by atoms with van der Waals surface area (Å²) in [6.07, 6.45) is 3.80. The number of carbonyl (C=O) groups excluding carboxylic acids is 1. The molecule has 1 saturated heterocycles. The Morgan fingerprint density at radius 2 is 2.00 bits per heavy atom. The van der Waals surface area contributed by atoms with Crippen LogP contribution in [0.3, 0.4) is 0 Å². The lowest BCUT2D eigenvalue weighted by Gasteiger charge is -2.41. The van der Waals surface area contributed by atoms with E-state index in [4.69, 9.17) is 0 Å². The molecule has 0 radical (unpaired) electrons. The minimum absolute atomic E-state index is 0.0685. The third-order valence-electron chi connectivity index (χ3n) is 4.10. The molecule has 0 N–H and O–H groups in total. The molecule has 1 aliphatic heterocycles. The number of hydrogen-bond donors (Lipinski definition) is 0. The van der Waals surface area contributed by atoms with E-state index in [0.29, 0.717) is 6.04 Å². The summed E-state index contributed by atoms with van der Waals surface area (Å²) < 4.78 is 2.15. The maximum atomic E-state index is 12.4. The number of carbonyl (C=O) groups is 1. The summed E-state index contributed by atoms with van der Waals surface area (Å²) in [4.78, 5) is 18.6. The van der Waals surface area contributed by atoms with Gasteiger partial charge in [0, 0.05) is 25.5 Å². The van der Waals surface area contributed by atoms with E-state index in [9.17, 15) is 4.79 Å². The van der Waals surface area contributed by atoms with E-state index in [2.05, 4.69) is 9.55 Å². The van der Waals surface area contributed by atoms with Crippen LogP contribution in [-0.4, -0.2) is 33.4 Å². The Kier molecular flexibility index (Phi) is 3.30. The molecule has 1 unspecified atom stereocenters. The lowest BCUT2D eigenvalue weighted by atomic mass is 9.97. The van der Waals surface area contributed by atoms with Crippen molar-refractivity contribution >= 4 is 5.91 Å². The van der Waals surface area contributed by atoms with Gasteiger partial charge < -0.3 is 9.47 Å². The summed E-state index contributed by atoms with van der Waals surface area (Å²) in [5, 5.41) is 0. The second kappa shape index (κ2) is 5.12. The minimum Gasteiger partial charge on any atom is -0.338 e. The van der Waals surface area contributed by atoms with E-state index in [1.165, 1.54) is 0 Å². The molecule has 1 amide bonds. The lowest BCUT2D eigenvalue weighted by molar-refractivity contribution is -0.138. The molecule has 20 heavy (non-hydrogen) atoms. The van der Waals surface area contributed by atoms with Crippen LogP contribution in [0.15, 0.2) is 42.7 Å². The molecule has 1 aromatic carbocycles. The monoisotopic (exact) mass is 269 g/mol. The van der Waals surface area contributed by atoms with Crippen molar-refractivity contribution in [3.63, 3.8) is 0 Å². The number of amides is 1. The normalized spacial score (nSPS) is 16.8. The largest absolute Gasteiger partial charge is 0.338 e. The molecule has 3 rings (SSSR count). The molecule has 0 spiro atoms.